The van der Waals surface area contributed by atoms with Crippen molar-refractivity contribution >= 4 is 23.4 Å². The monoisotopic (exact) mass is 487 g/mol. The van der Waals surface area contributed by atoms with Crippen LogP contribution in [0.25, 0.3) is 0 Å². The molecular weight excluding hydrogens is 461 g/mol. The fourth-order valence-electron chi connectivity index (χ4n) is 4.89. The predicted octanol–water partition coefficient (Wildman–Crippen LogP) is 3.93. The second kappa shape index (κ2) is 9.71. The molecule has 5 rings (SSSR count). The number of nitrogens with zero attached hydrogens (tertiary/aromatic N) is 6. The lowest BCUT2D eigenvalue weighted by atomic mass is 9.92. The summed E-state index contributed by atoms with van der Waals surface area (Å²) < 4.78 is 26.4. The molecule has 0 radical (unpaired) electrons. The molecule has 1 aromatic carbocycles. The Bertz CT molecular complexity index is 1130. The van der Waals surface area contributed by atoms with Crippen LogP contribution < -0.4 is 15.0 Å². The normalized spacial score (nSPS) is 21.6. The quantitative estimate of drug-likeness (QED) is 0.511. The third-order valence-electron chi connectivity index (χ3n) is 6.43. The van der Waals surface area contributed by atoms with Gasteiger partial charge in [-0.1, -0.05) is 11.6 Å². The Hall–Kier alpha value is -2.98. The molecule has 1 aliphatic carbocycles. The SMILES string of the molecule is COCCn1nc(NC2[C@H]3CC[C@H]2CN(c2cc(C)ncn2)C3)nc1Oc1cc(F)cc(Cl)c1. The van der Waals surface area contributed by atoms with E-state index in [2.05, 4.69) is 30.3 Å². The molecule has 2 bridgehead atoms. The molecule has 2 aromatic heterocycles. The number of methoxy groups -OCH3 is 1. The summed E-state index contributed by atoms with van der Waals surface area (Å²) in [4.78, 5) is 15.6. The lowest BCUT2D eigenvalue weighted by Crippen LogP contribution is -2.48. The third-order valence-corrected chi connectivity index (χ3v) is 6.65. The highest BCUT2D eigenvalue weighted by Gasteiger charge is 2.43. The number of nitrogens with one attached hydrogen (secondary N) is 1. The second-order valence-electron chi connectivity index (χ2n) is 8.83. The highest BCUT2D eigenvalue weighted by molar-refractivity contribution is 6.30. The lowest BCUT2D eigenvalue weighted by Gasteiger charge is -2.38. The molecule has 0 spiro atoms. The topological polar surface area (TPSA) is 90.2 Å². The summed E-state index contributed by atoms with van der Waals surface area (Å²) in [6.45, 7) is 4.70. The zero-order valence-corrected chi connectivity index (χ0v) is 19.9. The van der Waals surface area contributed by atoms with Gasteiger partial charge in [-0.15, -0.1) is 5.10 Å². The maximum Gasteiger partial charge on any atom is 0.322 e. The maximum atomic E-state index is 13.8. The van der Waals surface area contributed by atoms with E-state index in [-0.39, 0.29) is 22.8 Å². The Kier molecular flexibility index (Phi) is 6.51. The number of hydrogen-bond acceptors (Lipinski definition) is 8. The van der Waals surface area contributed by atoms with Gasteiger partial charge in [0.1, 0.15) is 23.7 Å². The molecule has 1 saturated carbocycles. The minimum absolute atomic E-state index is 0.249. The van der Waals surface area contributed by atoms with Crippen molar-refractivity contribution in [3.05, 3.63) is 47.1 Å². The van der Waals surface area contributed by atoms with Gasteiger partial charge in [-0.3, -0.25) is 0 Å². The van der Waals surface area contributed by atoms with Gasteiger partial charge in [-0.05, 0) is 43.7 Å². The average molecular weight is 488 g/mol. The first-order chi connectivity index (χ1) is 16.5. The number of piperidine rings is 1. The van der Waals surface area contributed by atoms with E-state index in [1.54, 1.807) is 18.1 Å². The van der Waals surface area contributed by atoms with Crippen molar-refractivity contribution in [2.75, 3.05) is 37.0 Å². The van der Waals surface area contributed by atoms with E-state index >= 15 is 0 Å². The molecular formula is C23H27ClFN7O2. The van der Waals surface area contributed by atoms with E-state index in [9.17, 15) is 4.39 Å². The van der Waals surface area contributed by atoms with Crippen LogP contribution in [-0.4, -0.2) is 57.6 Å². The van der Waals surface area contributed by atoms with Gasteiger partial charge in [0.2, 0.25) is 5.95 Å². The number of aryl methyl sites for hydroxylation is 1. The summed E-state index contributed by atoms with van der Waals surface area (Å²) >= 11 is 5.97. The molecule has 0 unspecified atom stereocenters. The summed E-state index contributed by atoms with van der Waals surface area (Å²) in [7, 11) is 1.62. The minimum Gasteiger partial charge on any atom is -0.424 e. The standard InChI is InChI=1S/C23H27ClFN7O2/c1-14-7-20(27-13-26-14)31-11-15-3-4-16(12-31)21(15)28-22-29-23(32(30-22)5-6-33-2)34-19-9-17(24)8-18(25)10-19/h7-10,13,15-16,21H,3-6,11-12H2,1-2H3,(H,28,30)/t15-,16-/m0/s1. The Morgan fingerprint density at radius 1 is 1.15 bits per heavy atom. The molecule has 1 N–H and O–H groups in total. The first-order valence-electron chi connectivity index (χ1n) is 11.4. The second-order valence-corrected chi connectivity index (χ2v) is 9.27. The molecule has 0 amide bonds. The first-order valence-corrected chi connectivity index (χ1v) is 11.7. The van der Waals surface area contributed by atoms with Gasteiger partial charge in [0.05, 0.1) is 13.2 Å². The molecule has 11 heteroatoms. The Morgan fingerprint density at radius 2 is 1.94 bits per heavy atom. The van der Waals surface area contributed by atoms with Crippen LogP contribution in [0.2, 0.25) is 5.02 Å². The Morgan fingerprint density at radius 3 is 2.65 bits per heavy atom. The predicted molar refractivity (Wildman–Crippen MR) is 126 cm³/mol. The molecule has 2 atom stereocenters. The van der Waals surface area contributed by atoms with E-state index in [0.717, 1.165) is 37.4 Å². The van der Waals surface area contributed by atoms with E-state index in [1.165, 1.54) is 18.2 Å². The van der Waals surface area contributed by atoms with E-state index in [1.807, 2.05) is 13.0 Å². The molecule has 3 aromatic rings. The van der Waals surface area contributed by atoms with Crippen LogP contribution in [0.4, 0.5) is 16.2 Å². The number of ether oxygens (including phenoxy) is 2. The lowest BCUT2D eigenvalue weighted by molar-refractivity contribution is 0.179. The molecule has 1 aliphatic heterocycles. The number of fused-ring (bicyclic) bond motifs is 2. The average Bonchev–Trinajstić information content (AvgIpc) is 3.26. The summed E-state index contributed by atoms with van der Waals surface area (Å²) in [5.74, 6) is 2.15. The van der Waals surface area contributed by atoms with Crippen molar-refractivity contribution in [2.24, 2.45) is 11.8 Å². The summed E-state index contributed by atoms with van der Waals surface area (Å²) in [5.41, 5.74) is 0.968. The highest BCUT2D eigenvalue weighted by Crippen LogP contribution is 2.40. The Labute approximate surface area is 202 Å². The van der Waals surface area contributed by atoms with Crippen LogP contribution in [0.1, 0.15) is 18.5 Å². The van der Waals surface area contributed by atoms with Gasteiger partial charge < -0.3 is 19.7 Å². The summed E-state index contributed by atoms with van der Waals surface area (Å²) in [6, 6.07) is 6.57. The fourth-order valence-corrected chi connectivity index (χ4v) is 5.10. The minimum atomic E-state index is -0.481. The number of halogens is 2. The van der Waals surface area contributed by atoms with Gasteiger partial charge in [-0.25, -0.2) is 19.0 Å². The van der Waals surface area contributed by atoms with Crippen molar-refractivity contribution < 1.29 is 13.9 Å². The number of rotatable bonds is 8. The zero-order valence-electron chi connectivity index (χ0n) is 19.1. The zero-order chi connectivity index (χ0) is 23.7. The van der Waals surface area contributed by atoms with Crippen molar-refractivity contribution in [3.8, 4) is 11.8 Å². The van der Waals surface area contributed by atoms with E-state index < -0.39 is 5.82 Å². The van der Waals surface area contributed by atoms with Crippen LogP contribution in [-0.2, 0) is 11.3 Å². The summed E-state index contributed by atoms with van der Waals surface area (Å²) in [5, 5.41) is 8.39. The number of hydrogen-bond donors (Lipinski definition) is 1. The van der Waals surface area contributed by atoms with Gasteiger partial charge in [0.15, 0.2) is 0 Å². The van der Waals surface area contributed by atoms with Crippen molar-refractivity contribution in [1.82, 2.24) is 24.7 Å². The third kappa shape index (κ3) is 4.92. The van der Waals surface area contributed by atoms with Crippen LogP contribution in [0.15, 0.2) is 30.6 Å². The molecule has 1 saturated heterocycles. The maximum absolute atomic E-state index is 13.8. The highest BCUT2D eigenvalue weighted by atomic mass is 35.5. The molecule has 34 heavy (non-hydrogen) atoms. The molecule has 2 aliphatic rings. The molecule has 180 valence electrons. The summed E-state index contributed by atoms with van der Waals surface area (Å²) in [6.07, 6.45) is 3.90. The van der Waals surface area contributed by atoms with Crippen LogP contribution >= 0.6 is 11.6 Å². The number of aromatic nitrogens is 5. The van der Waals surface area contributed by atoms with Crippen LogP contribution in [0, 0.1) is 24.6 Å². The van der Waals surface area contributed by atoms with Gasteiger partial charge in [0, 0.05) is 49.1 Å². The van der Waals surface area contributed by atoms with E-state index in [4.69, 9.17) is 21.1 Å². The fraction of sp³-hybridized carbons (Fsp3) is 0.478. The van der Waals surface area contributed by atoms with Gasteiger partial charge >= 0.3 is 6.01 Å². The number of benzene rings is 1. The van der Waals surface area contributed by atoms with Crippen molar-refractivity contribution in [1.29, 1.82) is 0 Å². The smallest absolute Gasteiger partial charge is 0.322 e. The van der Waals surface area contributed by atoms with Crippen LogP contribution in [0.5, 0.6) is 11.8 Å². The van der Waals surface area contributed by atoms with Crippen molar-refractivity contribution in [2.45, 2.75) is 32.4 Å². The Balaban J connectivity index is 1.32. The molecule has 2 fully saturated rings. The van der Waals surface area contributed by atoms with Crippen molar-refractivity contribution in [3.63, 3.8) is 0 Å². The largest absolute Gasteiger partial charge is 0.424 e. The first kappa shape index (κ1) is 22.8. The molecule has 3 heterocycles. The molecule has 9 nitrogen and oxygen atoms in total. The number of anilines is 2. The van der Waals surface area contributed by atoms with Crippen LogP contribution in [0.3, 0.4) is 0 Å². The van der Waals surface area contributed by atoms with Gasteiger partial charge in [0.25, 0.3) is 0 Å². The van der Waals surface area contributed by atoms with Gasteiger partial charge in [-0.2, -0.15) is 4.98 Å². The van der Waals surface area contributed by atoms with E-state index in [0.29, 0.717) is 30.9 Å².